The first-order valence-electron chi connectivity index (χ1n) is 7.00. The highest BCUT2D eigenvalue weighted by Crippen LogP contribution is 2.32. The van der Waals surface area contributed by atoms with Gasteiger partial charge in [-0.3, -0.25) is 9.59 Å². The van der Waals surface area contributed by atoms with E-state index in [4.69, 9.17) is 4.74 Å². The van der Waals surface area contributed by atoms with E-state index in [-0.39, 0.29) is 11.8 Å². The number of carbonyl (C=O) groups is 2. The van der Waals surface area contributed by atoms with Gasteiger partial charge in [-0.25, -0.2) is 4.98 Å². The van der Waals surface area contributed by atoms with Crippen molar-refractivity contribution >= 4 is 35.0 Å². The number of nitrogens with zero attached hydrogens (tertiary/aromatic N) is 1. The third-order valence-electron chi connectivity index (χ3n) is 3.38. The maximum absolute atomic E-state index is 12.4. The number of amides is 2. The molecule has 23 heavy (non-hydrogen) atoms. The quantitative estimate of drug-likeness (QED) is 0.847. The van der Waals surface area contributed by atoms with Crippen LogP contribution in [0.2, 0.25) is 0 Å². The third kappa shape index (κ3) is 3.14. The SMILES string of the molecule is CSc1ncccc1C(=O)Nc1ccc2c(c1)NC(=O)C(C)O2. The van der Waals surface area contributed by atoms with Crippen molar-refractivity contribution in [1.29, 1.82) is 0 Å². The molecule has 0 saturated heterocycles. The molecule has 1 atom stereocenters. The summed E-state index contributed by atoms with van der Waals surface area (Å²) in [5.74, 6) is 0.123. The normalized spacial score (nSPS) is 16.1. The van der Waals surface area contributed by atoms with Gasteiger partial charge in [0.05, 0.1) is 11.3 Å². The molecular weight excluding hydrogens is 314 g/mol. The molecule has 0 radical (unpaired) electrons. The number of ether oxygens (including phenoxy) is 1. The zero-order valence-corrected chi connectivity index (χ0v) is 13.4. The molecule has 1 unspecified atom stereocenters. The molecule has 0 aliphatic carbocycles. The van der Waals surface area contributed by atoms with Crippen molar-refractivity contribution in [2.45, 2.75) is 18.1 Å². The van der Waals surface area contributed by atoms with Gasteiger partial charge in [0.1, 0.15) is 10.8 Å². The largest absolute Gasteiger partial charge is 0.479 e. The van der Waals surface area contributed by atoms with Crippen LogP contribution < -0.4 is 15.4 Å². The first-order chi connectivity index (χ1) is 11.1. The molecule has 2 amide bonds. The number of rotatable bonds is 3. The van der Waals surface area contributed by atoms with E-state index in [9.17, 15) is 9.59 Å². The lowest BCUT2D eigenvalue weighted by atomic mass is 10.2. The Kier molecular flexibility index (Phi) is 4.20. The summed E-state index contributed by atoms with van der Waals surface area (Å²) in [5, 5.41) is 6.22. The minimum atomic E-state index is -0.525. The number of anilines is 2. The van der Waals surface area contributed by atoms with Crippen molar-refractivity contribution in [3.8, 4) is 5.75 Å². The van der Waals surface area contributed by atoms with Gasteiger partial charge >= 0.3 is 0 Å². The Morgan fingerprint density at radius 3 is 3.00 bits per heavy atom. The minimum absolute atomic E-state index is 0.210. The number of thioether (sulfide) groups is 1. The van der Waals surface area contributed by atoms with E-state index in [0.717, 1.165) is 0 Å². The lowest BCUT2D eigenvalue weighted by Crippen LogP contribution is -2.34. The molecule has 0 spiro atoms. The topological polar surface area (TPSA) is 80.3 Å². The molecule has 0 fully saturated rings. The predicted octanol–water partition coefficient (Wildman–Crippen LogP) is 2.78. The van der Waals surface area contributed by atoms with Gasteiger partial charge in [0.2, 0.25) is 0 Å². The Balaban J connectivity index is 1.82. The fourth-order valence-electron chi connectivity index (χ4n) is 2.21. The monoisotopic (exact) mass is 329 g/mol. The third-order valence-corrected chi connectivity index (χ3v) is 4.09. The summed E-state index contributed by atoms with van der Waals surface area (Å²) in [5.41, 5.74) is 1.62. The van der Waals surface area contributed by atoms with Crippen LogP contribution in [0.25, 0.3) is 0 Å². The first kappa shape index (κ1) is 15.4. The highest BCUT2D eigenvalue weighted by atomic mass is 32.2. The van der Waals surface area contributed by atoms with Gasteiger partial charge in [0, 0.05) is 11.9 Å². The van der Waals surface area contributed by atoms with Gasteiger partial charge in [-0.05, 0) is 43.5 Å². The van der Waals surface area contributed by atoms with E-state index in [1.54, 1.807) is 43.5 Å². The second-order valence-corrected chi connectivity index (χ2v) is 5.77. The fraction of sp³-hybridized carbons (Fsp3) is 0.188. The Hall–Kier alpha value is -2.54. The number of hydrogen-bond acceptors (Lipinski definition) is 5. The van der Waals surface area contributed by atoms with Gasteiger partial charge in [-0.1, -0.05) is 0 Å². The van der Waals surface area contributed by atoms with E-state index >= 15 is 0 Å². The number of fused-ring (bicyclic) bond motifs is 1. The molecule has 1 aliphatic heterocycles. The van der Waals surface area contributed by atoms with Crippen LogP contribution in [0.5, 0.6) is 5.75 Å². The maximum atomic E-state index is 12.4. The predicted molar refractivity (Wildman–Crippen MR) is 89.1 cm³/mol. The Bertz CT molecular complexity index is 779. The van der Waals surface area contributed by atoms with Gasteiger partial charge in [0.15, 0.2) is 6.10 Å². The summed E-state index contributed by atoms with van der Waals surface area (Å²) in [4.78, 5) is 28.2. The van der Waals surface area contributed by atoms with Crippen molar-refractivity contribution in [2.24, 2.45) is 0 Å². The number of aromatic nitrogens is 1. The lowest BCUT2D eigenvalue weighted by Gasteiger charge is -2.23. The smallest absolute Gasteiger partial charge is 0.265 e. The second-order valence-electron chi connectivity index (χ2n) is 4.97. The van der Waals surface area contributed by atoms with E-state index in [0.29, 0.717) is 27.7 Å². The molecule has 2 aromatic rings. The van der Waals surface area contributed by atoms with Gasteiger partial charge in [-0.2, -0.15) is 0 Å². The van der Waals surface area contributed by atoms with E-state index in [1.165, 1.54) is 11.8 Å². The first-order valence-corrected chi connectivity index (χ1v) is 8.23. The highest BCUT2D eigenvalue weighted by molar-refractivity contribution is 7.98. The standard InChI is InChI=1S/C16H15N3O3S/c1-9-14(20)19-12-8-10(5-6-13(12)22-9)18-15(21)11-4-3-7-17-16(11)23-2/h3-9H,1-2H3,(H,18,21)(H,19,20). The van der Waals surface area contributed by atoms with Crippen molar-refractivity contribution < 1.29 is 14.3 Å². The van der Waals surface area contributed by atoms with Gasteiger partial charge in [-0.15, -0.1) is 11.8 Å². The molecule has 0 bridgehead atoms. The van der Waals surface area contributed by atoms with Crippen LogP contribution in [0, 0.1) is 0 Å². The summed E-state index contributed by atoms with van der Waals surface area (Å²) in [6, 6.07) is 8.57. The summed E-state index contributed by atoms with van der Waals surface area (Å²) in [6.07, 6.45) is 2.99. The van der Waals surface area contributed by atoms with Crippen LogP contribution >= 0.6 is 11.8 Å². The van der Waals surface area contributed by atoms with Gasteiger partial charge in [0.25, 0.3) is 11.8 Å². The molecule has 6 nitrogen and oxygen atoms in total. The zero-order chi connectivity index (χ0) is 16.4. The number of carbonyl (C=O) groups excluding carboxylic acids is 2. The lowest BCUT2D eigenvalue weighted by molar-refractivity contribution is -0.122. The number of hydrogen-bond donors (Lipinski definition) is 2. The second kappa shape index (κ2) is 6.29. The molecule has 3 rings (SSSR count). The van der Waals surface area contributed by atoms with Crippen LogP contribution in [0.1, 0.15) is 17.3 Å². The minimum Gasteiger partial charge on any atom is -0.479 e. The summed E-state index contributed by atoms with van der Waals surface area (Å²) in [7, 11) is 0. The molecule has 1 aliphatic rings. The van der Waals surface area contributed by atoms with Crippen LogP contribution in [0.4, 0.5) is 11.4 Å². The summed E-state index contributed by atoms with van der Waals surface area (Å²) in [6.45, 7) is 1.68. The number of pyridine rings is 1. The Labute approximate surface area is 137 Å². The van der Waals surface area contributed by atoms with Crippen molar-refractivity contribution in [3.05, 3.63) is 42.1 Å². The molecule has 7 heteroatoms. The Morgan fingerprint density at radius 1 is 1.39 bits per heavy atom. The number of benzene rings is 1. The Morgan fingerprint density at radius 2 is 2.22 bits per heavy atom. The molecule has 2 heterocycles. The average Bonchev–Trinajstić information content (AvgIpc) is 2.56. The molecule has 0 saturated carbocycles. The highest BCUT2D eigenvalue weighted by Gasteiger charge is 2.23. The average molecular weight is 329 g/mol. The summed E-state index contributed by atoms with van der Waals surface area (Å²) < 4.78 is 5.49. The molecule has 118 valence electrons. The summed E-state index contributed by atoms with van der Waals surface area (Å²) >= 11 is 1.41. The van der Waals surface area contributed by atoms with Crippen LogP contribution in [-0.2, 0) is 4.79 Å². The molecule has 1 aromatic carbocycles. The van der Waals surface area contributed by atoms with Gasteiger partial charge < -0.3 is 15.4 Å². The van der Waals surface area contributed by atoms with E-state index in [1.807, 2.05) is 6.26 Å². The van der Waals surface area contributed by atoms with Crippen LogP contribution in [0.15, 0.2) is 41.6 Å². The fourth-order valence-corrected chi connectivity index (χ4v) is 2.76. The molecular formula is C16H15N3O3S. The zero-order valence-electron chi connectivity index (χ0n) is 12.6. The molecule has 2 N–H and O–H groups in total. The van der Waals surface area contributed by atoms with Crippen molar-refractivity contribution in [3.63, 3.8) is 0 Å². The van der Waals surface area contributed by atoms with Crippen molar-refractivity contribution in [1.82, 2.24) is 4.98 Å². The van der Waals surface area contributed by atoms with Crippen LogP contribution in [0.3, 0.4) is 0 Å². The van der Waals surface area contributed by atoms with Crippen LogP contribution in [-0.4, -0.2) is 29.2 Å². The van der Waals surface area contributed by atoms with E-state index in [2.05, 4.69) is 15.6 Å². The van der Waals surface area contributed by atoms with E-state index < -0.39 is 6.10 Å². The number of nitrogens with one attached hydrogen (secondary N) is 2. The molecule has 1 aromatic heterocycles. The maximum Gasteiger partial charge on any atom is 0.265 e. The van der Waals surface area contributed by atoms with Crippen molar-refractivity contribution in [2.75, 3.05) is 16.9 Å².